The second-order valence-corrected chi connectivity index (χ2v) is 7.08. The van der Waals surface area contributed by atoms with Crippen LogP contribution < -0.4 is 5.32 Å². The van der Waals surface area contributed by atoms with Crippen LogP contribution in [-0.2, 0) is 6.18 Å². The Morgan fingerprint density at radius 2 is 1.81 bits per heavy atom. The van der Waals surface area contributed by atoms with Gasteiger partial charge < -0.3 is 5.32 Å². The number of benzene rings is 2. The monoisotopic (exact) mass is 423 g/mol. The van der Waals surface area contributed by atoms with Gasteiger partial charge in [0.1, 0.15) is 11.6 Å². The third kappa shape index (κ3) is 3.67. The molecule has 0 spiro atoms. The summed E-state index contributed by atoms with van der Waals surface area (Å²) in [5.74, 6) is 1.19. The Bertz CT molecular complexity index is 970. The molecule has 1 heterocycles. The van der Waals surface area contributed by atoms with E-state index in [2.05, 4.69) is 31.2 Å². The maximum Gasteiger partial charge on any atom is 0.416 e. The predicted molar refractivity (Wildman–Crippen MR) is 100 cm³/mol. The second kappa shape index (κ2) is 6.87. The molecule has 0 saturated carbocycles. The van der Waals surface area contributed by atoms with E-state index in [4.69, 9.17) is 0 Å². The van der Waals surface area contributed by atoms with Gasteiger partial charge in [0.2, 0.25) is 0 Å². The SMILES string of the molecule is Cc1nc(N[C@H](C)c2cccc(C(F)(F)F)c2C)c2cc(Br)ccc2n1. The summed E-state index contributed by atoms with van der Waals surface area (Å²) >= 11 is 3.43. The average Bonchev–Trinajstić information content (AvgIpc) is 2.54. The van der Waals surface area contributed by atoms with E-state index < -0.39 is 11.7 Å². The standard InChI is InChI=1S/C19H17BrF3N3/c1-10-14(5-4-6-16(10)19(21,22)23)11(2)24-18-15-9-13(20)7-8-17(15)25-12(3)26-18/h4-9,11H,1-3H3,(H,24,25,26)/t11-/m1/s1. The lowest BCUT2D eigenvalue weighted by molar-refractivity contribution is -0.138. The van der Waals surface area contributed by atoms with Gasteiger partial charge in [-0.2, -0.15) is 13.2 Å². The summed E-state index contributed by atoms with van der Waals surface area (Å²) in [4.78, 5) is 8.84. The zero-order chi connectivity index (χ0) is 19.1. The minimum Gasteiger partial charge on any atom is -0.363 e. The molecule has 0 aliphatic rings. The van der Waals surface area contributed by atoms with Crippen LogP contribution in [0.4, 0.5) is 19.0 Å². The van der Waals surface area contributed by atoms with E-state index in [1.54, 1.807) is 13.0 Å². The molecule has 3 aromatic rings. The van der Waals surface area contributed by atoms with Crippen LogP contribution in [0.5, 0.6) is 0 Å². The van der Waals surface area contributed by atoms with Gasteiger partial charge in [0.25, 0.3) is 0 Å². The number of halogens is 4. The van der Waals surface area contributed by atoms with Gasteiger partial charge in [-0.1, -0.05) is 28.1 Å². The van der Waals surface area contributed by atoms with Gasteiger partial charge in [-0.3, -0.25) is 0 Å². The van der Waals surface area contributed by atoms with Crippen molar-refractivity contribution in [1.29, 1.82) is 0 Å². The molecule has 0 aliphatic carbocycles. The molecular weight excluding hydrogens is 407 g/mol. The number of aryl methyl sites for hydroxylation is 1. The quantitative estimate of drug-likeness (QED) is 0.544. The van der Waals surface area contributed by atoms with Gasteiger partial charge in [0.05, 0.1) is 17.1 Å². The summed E-state index contributed by atoms with van der Waals surface area (Å²) in [6.45, 7) is 5.10. The van der Waals surface area contributed by atoms with E-state index in [0.717, 1.165) is 21.4 Å². The lowest BCUT2D eigenvalue weighted by Gasteiger charge is -2.21. The average molecular weight is 424 g/mol. The summed E-state index contributed by atoms with van der Waals surface area (Å²) < 4.78 is 40.4. The summed E-state index contributed by atoms with van der Waals surface area (Å²) in [7, 11) is 0. The van der Waals surface area contributed by atoms with Crippen molar-refractivity contribution in [2.45, 2.75) is 33.0 Å². The Morgan fingerprint density at radius 1 is 1.08 bits per heavy atom. The first-order chi connectivity index (χ1) is 12.2. The molecule has 0 fully saturated rings. The Morgan fingerprint density at radius 3 is 2.50 bits per heavy atom. The van der Waals surface area contributed by atoms with Crippen LogP contribution in [-0.4, -0.2) is 9.97 Å². The number of fused-ring (bicyclic) bond motifs is 1. The van der Waals surface area contributed by atoms with Gasteiger partial charge in [0, 0.05) is 9.86 Å². The molecule has 1 atom stereocenters. The number of hydrogen-bond acceptors (Lipinski definition) is 3. The Labute approximate surface area is 157 Å². The first kappa shape index (κ1) is 18.6. The van der Waals surface area contributed by atoms with Crippen molar-refractivity contribution in [2.75, 3.05) is 5.32 Å². The van der Waals surface area contributed by atoms with Gasteiger partial charge in [-0.15, -0.1) is 0 Å². The van der Waals surface area contributed by atoms with Gasteiger partial charge in [0.15, 0.2) is 0 Å². The number of hydrogen-bond donors (Lipinski definition) is 1. The fourth-order valence-electron chi connectivity index (χ4n) is 3.04. The number of alkyl halides is 3. The summed E-state index contributed by atoms with van der Waals surface area (Å²) in [5, 5.41) is 4.06. The highest BCUT2D eigenvalue weighted by Gasteiger charge is 2.33. The van der Waals surface area contributed by atoms with E-state index >= 15 is 0 Å². The van der Waals surface area contributed by atoms with Crippen LogP contribution in [0.15, 0.2) is 40.9 Å². The highest BCUT2D eigenvalue weighted by Crippen LogP contribution is 2.35. The number of nitrogens with one attached hydrogen (secondary N) is 1. The van der Waals surface area contributed by atoms with Crippen LogP contribution in [0.3, 0.4) is 0 Å². The van der Waals surface area contributed by atoms with Crippen molar-refractivity contribution in [3.63, 3.8) is 0 Å². The molecule has 0 unspecified atom stereocenters. The molecule has 7 heteroatoms. The number of aromatic nitrogens is 2. The van der Waals surface area contributed by atoms with Crippen LogP contribution in [0.25, 0.3) is 10.9 Å². The minimum atomic E-state index is -4.37. The van der Waals surface area contributed by atoms with E-state index in [-0.39, 0.29) is 11.6 Å². The molecule has 2 aromatic carbocycles. The molecule has 3 rings (SSSR count). The van der Waals surface area contributed by atoms with Gasteiger partial charge in [-0.05, 0) is 56.2 Å². The molecule has 3 nitrogen and oxygen atoms in total. The molecule has 0 amide bonds. The molecule has 0 aliphatic heterocycles. The lowest BCUT2D eigenvalue weighted by atomic mass is 9.97. The van der Waals surface area contributed by atoms with E-state index in [1.807, 2.05) is 25.1 Å². The zero-order valence-corrected chi connectivity index (χ0v) is 16.0. The predicted octanol–water partition coefficient (Wildman–Crippen LogP) is 6.20. The number of rotatable bonds is 3. The van der Waals surface area contributed by atoms with Crippen LogP contribution in [0, 0.1) is 13.8 Å². The fraction of sp³-hybridized carbons (Fsp3) is 0.263. The van der Waals surface area contributed by atoms with Crippen LogP contribution >= 0.6 is 15.9 Å². The maximum absolute atomic E-state index is 13.2. The smallest absolute Gasteiger partial charge is 0.363 e. The third-order valence-corrected chi connectivity index (χ3v) is 4.76. The molecule has 1 aromatic heterocycles. The number of anilines is 1. The molecule has 0 saturated heterocycles. The van der Waals surface area contributed by atoms with Crippen molar-refractivity contribution in [3.8, 4) is 0 Å². The van der Waals surface area contributed by atoms with Crippen molar-refractivity contribution >= 4 is 32.7 Å². The molecule has 0 radical (unpaired) electrons. The fourth-order valence-corrected chi connectivity index (χ4v) is 3.40. The Hall–Kier alpha value is -2.15. The largest absolute Gasteiger partial charge is 0.416 e. The second-order valence-electron chi connectivity index (χ2n) is 6.16. The lowest BCUT2D eigenvalue weighted by Crippen LogP contribution is -2.14. The van der Waals surface area contributed by atoms with Crippen LogP contribution in [0.1, 0.15) is 35.5 Å². The van der Waals surface area contributed by atoms with E-state index in [9.17, 15) is 13.2 Å². The normalized spacial score (nSPS) is 13.0. The van der Waals surface area contributed by atoms with Crippen molar-refractivity contribution in [3.05, 3.63) is 63.4 Å². The molecular formula is C19H17BrF3N3. The first-order valence-corrected chi connectivity index (χ1v) is 8.83. The summed E-state index contributed by atoms with van der Waals surface area (Å²) in [5.41, 5.74) is 0.960. The van der Waals surface area contributed by atoms with Crippen molar-refractivity contribution in [1.82, 2.24) is 9.97 Å². The Kier molecular flexibility index (Phi) is 4.92. The summed E-state index contributed by atoms with van der Waals surface area (Å²) in [6.07, 6.45) is -4.37. The minimum absolute atomic E-state index is 0.219. The maximum atomic E-state index is 13.2. The topological polar surface area (TPSA) is 37.8 Å². The zero-order valence-electron chi connectivity index (χ0n) is 14.4. The highest BCUT2D eigenvalue weighted by molar-refractivity contribution is 9.10. The van der Waals surface area contributed by atoms with Crippen molar-refractivity contribution in [2.24, 2.45) is 0 Å². The van der Waals surface area contributed by atoms with Crippen LogP contribution in [0.2, 0.25) is 0 Å². The molecule has 0 bridgehead atoms. The highest BCUT2D eigenvalue weighted by atomic mass is 79.9. The van der Waals surface area contributed by atoms with Crippen molar-refractivity contribution < 1.29 is 13.2 Å². The van der Waals surface area contributed by atoms with Gasteiger partial charge >= 0.3 is 6.18 Å². The van der Waals surface area contributed by atoms with E-state index in [1.165, 1.54) is 13.0 Å². The third-order valence-electron chi connectivity index (χ3n) is 4.27. The number of nitrogens with zero attached hydrogens (tertiary/aromatic N) is 2. The first-order valence-electron chi connectivity index (χ1n) is 8.04. The molecule has 26 heavy (non-hydrogen) atoms. The Balaban J connectivity index is 2.03. The summed E-state index contributed by atoms with van der Waals surface area (Å²) in [6, 6.07) is 9.54. The molecule has 136 valence electrons. The van der Waals surface area contributed by atoms with Gasteiger partial charge in [-0.25, -0.2) is 9.97 Å². The molecule has 1 N–H and O–H groups in total. The van der Waals surface area contributed by atoms with E-state index in [0.29, 0.717) is 17.2 Å².